The van der Waals surface area contributed by atoms with Crippen LogP contribution in [-0.4, -0.2) is 23.8 Å². The lowest BCUT2D eigenvalue weighted by Gasteiger charge is -2.29. The summed E-state index contributed by atoms with van der Waals surface area (Å²) in [4.78, 5) is 0. The molecule has 1 unspecified atom stereocenters. The van der Waals surface area contributed by atoms with Crippen molar-refractivity contribution in [1.29, 1.82) is 0 Å². The third-order valence-electron chi connectivity index (χ3n) is 2.71. The highest BCUT2D eigenvalue weighted by molar-refractivity contribution is 5.57. The van der Waals surface area contributed by atoms with Gasteiger partial charge in [-0.1, -0.05) is 12.8 Å². The van der Waals surface area contributed by atoms with Crippen LogP contribution >= 0.6 is 0 Å². The van der Waals surface area contributed by atoms with E-state index in [1.807, 2.05) is 0 Å². The van der Waals surface area contributed by atoms with Crippen LogP contribution < -0.4 is 0 Å². The van der Waals surface area contributed by atoms with Gasteiger partial charge in [0.05, 0.1) is 0 Å². The second-order valence-electron chi connectivity index (χ2n) is 3.54. The first-order valence-corrected chi connectivity index (χ1v) is 4.76. The predicted molar refractivity (Wildman–Crippen MR) is 46.7 cm³/mol. The molecule has 0 radical (unpaired) electrons. The SMILES string of the molecule is C1=NN2CCCCCC2CC1. The Bertz CT molecular complexity index is 154. The molecule has 0 saturated carbocycles. The van der Waals surface area contributed by atoms with E-state index in [1.54, 1.807) is 0 Å². The first-order valence-electron chi connectivity index (χ1n) is 4.76. The van der Waals surface area contributed by atoms with Gasteiger partial charge < -0.3 is 0 Å². The number of hydrogen-bond donors (Lipinski definition) is 0. The fourth-order valence-corrected chi connectivity index (χ4v) is 2.04. The third-order valence-corrected chi connectivity index (χ3v) is 2.71. The van der Waals surface area contributed by atoms with E-state index in [-0.39, 0.29) is 0 Å². The quantitative estimate of drug-likeness (QED) is 0.518. The van der Waals surface area contributed by atoms with Gasteiger partial charge in [-0.25, -0.2) is 0 Å². The van der Waals surface area contributed by atoms with Gasteiger partial charge in [-0.3, -0.25) is 5.01 Å². The van der Waals surface area contributed by atoms with Gasteiger partial charge in [0.1, 0.15) is 0 Å². The molecule has 0 aliphatic carbocycles. The van der Waals surface area contributed by atoms with Crippen LogP contribution in [0, 0.1) is 0 Å². The van der Waals surface area contributed by atoms with E-state index >= 15 is 0 Å². The topological polar surface area (TPSA) is 15.6 Å². The van der Waals surface area contributed by atoms with Crippen LogP contribution in [0.15, 0.2) is 5.10 Å². The van der Waals surface area contributed by atoms with Crippen molar-refractivity contribution >= 4 is 6.21 Å². The predicted octanol–water partition coefficient (Wildman–Crippen LogP) is 2.01. The fraction of sp³-hybridized carbons (Fsp3) is 0.889. The third kappa shape index (κ3) is 1.55. The van der Waals surface area contributed by atoms with Gasteiger partial charge in [-0.05, 0) is 25.7 Å². The van der Waals surface area contributed by atoms with Crippen molar-refractivity contribution in [2.45, 2.75) is 44.6 Å². The molecule has 2 aliphatic rings. The first-order chi connectivity index (χ1) is 5.47. The van der Waals surface area contributed by atoms with Gasteiger partial charge in [0.25, 0.3) is 0 Å². The Morgan fingerprint density at radius 3 is 3.18 bits per heavy atom. The van der Waals surface area contributed by atoms with E-state index in [0.29, 0.717) is 0 Å². The summed E-state index contributed by atoms with van der Waals surface area (Å²) < 4.78 is 0. The highest BCUT2D eigenvalue weighted by atomic mass is 15.5. The summed E-state index contributed by atoms with van der Waals surface area (Å²) >= 11 is 0. The largest absolute Gasteiger partial charge is 0.294 e. The van der Waals surface area contributed by atoms with E-state index < -0.39 is 0 Å². The van der Waals surface area contributed by atoms with Crippen molar-refractivity contribution in [1.82, 2.24) is 5.01 Å². The summed E-state index contributed by atoms with van der Waals surface area (Å²) in [7, 11) is 0. The van der Waals surface area contributed by atoms with Crippen molar-refractivity contribution in [3.8, 4) is 0 Å². The van der Waals surface area contributed by atoms with E-state index in [4.69, 9.17) is 0 Å². The van der Waals surface area contributed by atoms with Gasteiger partial charge in [0.15, 0.2) is 0 Å². The molecule has 1 fully saturated rings. The molecule has 2 heteroatoms. The minimum Gasteiger partial charge on any atom is -0.294 e. The second kappa shape index (κ2) is 3.24. The van der Waals surface area contributed by atoms with Crippen LogP contribution in [0.2, 0.25) is 0 Å². The minimum atomic E-state index is 0.780. The molecule has 1 atom stereocenters. The zero-order valence-corrected chi connectivity index (χ0v) is 7.00. The van der Waals surface area contributed by atoms with Crippen molar-refractivity contribution in [3.63, 3.8) is 0 Å². The molecule has 0 amide bonds. The Kier molecular flexibility index (Phi) is 2.11. The van der Waals surface area contributed by atoms with Crippen LogP contribution in [0.3, 0.4) is 0 Å². The van der Waals surface area contributed by atoms with Crippen LogP contribution in [0.4, 0.5) is 0 Å². The first kappa shape index (κ1) is 7.14. The average Bonchev–Trinajstić information content (AvgIpc) is 2.28. The second-order valence-corrected chi connectivity index (χ2v) is 3.54. The number of rotatable bonds is 0. The molecule has 0 aromatic carbocycles. The highest BCUT2D eigenvalue weighted by Crippen LogP contribution is 2.22. The van der Waals surface area contributed by atoms with Crippen LogP contribution in [0.25, 0.3) is 0 Å². The number of fused-ring (bicyclic) bond motifs is 1. The maximum Gasteiger partial charge on any atom is 0.0474 e. The molecule has 11 heavy (non-hydrogen) atoms. The summed E-state index contributed by atoms with van der Waals surface area (Å²) in [5.41, 5.74) is 0. The molecule has 2 rings (SSSR count). The molecular weight excluding hydrogens is 136 g/mol. The van der Waals surface area contributed by atoms with Crippen LogP contribution in [0.5, 0.6) is 0 Å². The lowest BCUT2D eigenvalue weighted by Crippen LogP contribution is -2.32. The maximum absolute atomic E-state index is 4.42. The van der Waals surface area contributed by atoms with Gasteiger partial charge in [-0.2, -0.15) is 5.10 Å². The monoisotopic (exact) mass is 152 g/mol. The number of nitrogens with zero attached hydrogens (tertiary/aromatic N) is 2. The Hall–Kier alpha value is -0.530. The zero-order valence-electron chi connectivity index (χ0n) is 7.00. The lowest BCUT2D eigenvalue weighted by atomic mass is 10.1. The molecule has 0 spiro atoms. The van der Waals surface area contributed by atoms with E-state index in [0.717, 1.165) is 6.04 Å². The van der Waals surface area contributed by atoms with Crippen molar-refractivity contribution in [2.75, 3.05) is 6.54 Å². The maximum atomic E-state index is 4.42. The van der Waals surface area contributed by atoms with E-state index in [9.17, 15) is 0 Å². The Balaban J connectivity index is 2.02. The van der Waals surface area contributed by atoms with Gasteiger partial charge in [-0.15, -0.1) is 0 Å². The molecule has 1 saturated heterocycles. The van der Waals surface area contributed by atoms with Crippen LogP contribution in [-0.2, 0) is 0 Å². The summed E-state index contributed by atoms with van der Waals surface area (Å²) in [6, 6.07) is 0.780. The summed E-state index contributed by atoms with van der Waals surface area (Å²) in [6.07, 6.45) is 10.1. The van der Waals surface area contributed by atoms with Crippen molar-refractivity contribution < 1.29 is 0 Å². The Morgan fingerprint density at radius 1 is 1.18 bits per heavy atom. The normalized spacial score (nSPS) is 31.3. The molecule has 0 aromatic heterocycles. The van der Waals surface area contributed by atoms with Crippen molar-refractivity contribution in [3.05, 3.63) is 0 Å². The standard InChI is InChI=1S/C9H16N2/c1-2-5-9-6-4-7-10-11(9)8-3-1/h7,9H,1-6,8H2. The summed E-state index contributed by atoms with van der Waals surface area (Å²) in [6.45, 7) is 1.20. The number of hydrogen-bond acceptors (Lipinski definition) is 2. The molecule has 62 valence electrons. The molecule has 2 aliphatic heterocycles. The highest BCUT2D eigenvalue weighted by Gasteiger charge is 2.20. The van der Waals surface area contributed by atoms with E-state index in [1.165, 1.54) is 45.1 Å². The molecule has 0 N–H and O–H groups in total. The Labute approximate surface area is 68.3 Å². The molecular formula is C9H16N2. The lowest BCUT2D eigenvalue weighted by molar-refractivity contribution is 0.191. The Morgan fingerprint density at radius 2 is 2.18 bits per heavy atom. The molecule has 0 bridgehead atoms. The van der Waals surface area contributed by atoms with Gasteiger partial charge >= 0.3 is 0 Å². The molecule has 2 nitrogen and oxygen atoms in total. The average molecular weight is 152 g/mol. The minimum absolute atomic E-state index is 0.780. The summed E-state index contributed by atoms with van der Waals surface area (Å²) in [5, 5.41) is 6.72. The zero-order chi connectivity index (χ0) is 7.52. The van der Waals surface area contributed by atoms with E-state index in [2.05, 4.69) is 16.3 Å². The molecule has 0 aromatic rings. The van der Waals surface area contributed by atoms with Crippen molar-refractivity contribution in [2.24, 2.45) is 5.10 Å². The molecule has 2 heterocycles. The van der Waals surface area contributed by atoms with Gasteiger partial charge in [0, 0.05) is 18.8 Å². The number of hydrazone groups is 1. The van der Waals surface area contributed by atoms with Crippen LogP contribution in [0.1, 0.15) is 38.5 Å². The summed E-state index contributed by atoms with van der Waals surface area (Å²) in [5.74, 6) is 0. The van der Waals surface area contributed by atoms with Gasteiger partial charge in [0.2, 0.25) is 0 Å². The smallest absolute Gasteiger partial charge is 0.0474 e. The fourth-order valence-electron chi connectivity index (χ4n) is 2.04.